The van der Waals surface area contributed by atoms with Crippen LogP contribution in [0.2, 0.25) is 0 Å². The zero-order valence-corrected chi connectivity index (χ0v) is 7.92. The molecule has 1 N–H and O–H groups in total. The predicted molar refractivity (Wildman–Crippen MR) is 53.2 cm³/mol. The molecule has 0 fully saturated rings. The molecule has 2 nitrogen and oxygen atoms in total. The van der Waals surface area contributed by atoms with Crippen molar-refractivity contribution in [1.82, 2.24) is 0 Å². The minimum absolute atomic E-state index is 0.137. The van der Waals surface area contributed by atoms with E-state index in [1.54, 1.807) is 6.92 Å². The highest BCUT2D eigenvalue weighted by Gasteiger charge is 2.20. The molecule has 1 heterocycles. The van der Waals surface area contributed by atoms with Crippen molar-refractivity contribution in [2.45, 2.75) is 26.3 Å². The van der Waals surface area contributed by atoms with E-state index in [0.29, 0.717) is 6.04 Å². The first kappa shape index (κ1) is 8.30. The molecule has 1 aromatic carbocycles. The number of carbonyl (C=O) groups excluding carboxylic acids is 1. The van der Waals surface area contributed by atoms with Gasteiger partial charge in [0.2, 0.25) is 0 Å². The second-order valence-corrected chi connectivity index (χ2v) is 3.65. The number of hydrogen-bond acceptors (Lipinski definition) is 2. The van der Waals surface area contributed by atoms with Gasteiger partial charge in [-0.3, -0.25) is 4.79 Å². The molecule has 1 unspecified atom stereocenters. The van der Waals surface area contributed by atoms with E-state index >= 15 is 0 Å². The van der Waals surface area contributed by atoms with Crippen LogP contribution in [0.4, 0.5) is 5.69 Å². The first-order valence-corrected chi connectivity index (χ1v) is 4.58. The Bertz CT molecular complexity index is 357. The number of hydrogen-bond donors (Lipinski definition) is 1. The Kier molecular flexibility index (Phi) is 1.83. The van der Waals surface area contributed by atoms with Crippen LogP contribution in [0.1, 0.15) is 29.8 Å². The molecule has 0 bridgehead atoms. The van der Waals surface area contributed by atoms with Gasteiger partial charge in [-0.2, -0.15) is 0 Å². The summed E-state index contributed by atoms with van der Waals surface area (Å²) >= 11 is 0. The molecule has 0 spiro atoms. The van der Waals surface area contributed by atoms with Crippen molar-refractivity contribution in [3.05, 3.63) is 29.3 Å². The fourth-order valence-electron chi connectivity index (χ4n) is 1.86. The molecular formula is C11H13NO. The fourth-order valence-corrected chi connectivity index (χ4v) is 1.86. The molecule has 0 aliphatic carbocycles. The van der Waals surface area contributed by atoms with Gasteiger partial charge in [-0.05, 0) is 31.9 Å². The smallest absolute Gasteiger partial charge is 0.161 e. The van der Waals surface area contributed by atoms with Crippen molar-refractivity contribution >= 4 is 11.5 Å². The zero-order chi connectivity index (χ0) is 9.42. The summed E-state index contributed by atoms with van der Waals surface area (Å²) in [7, 11) is 0. The number of benzene rings is 1. The summed E-state index contributed by atoms with van der Waals surface area (Å²) in [5.74, 6) is 0.137. The molecule has 0 saturated carbocycles. The van der Waals surface area contributed by atoms with Gasteiger partial charge in [0, 0.05) is 17.3 Å². The van der Waals surface area contributed by atoms with Crippen molar-refractivity contribution in [3.8, 4) is 0 Å². The lowest BCUT2D eigenvalue weighted by molar-refractivity contribution is 0.101. The molecule has 0 aromatic heterocycles. The summed E-state index contributed by atoms with van der Waals surface area (Å²) in [6.07, 6.45) is 1.02. The van der Waals surface area contributed by atoms with Crippen molar-refractivity contribution in [2.75, 3.05) is 5.32 Å². The number of rotatable bonds is 1. The highest BCUT2D eigenvalue weighted by Crippen LogP contribution is 2.29. The monoisotopic (exact) mass is 175 g/mol. The summed E-state index contributed by atoms with van der Waals surface area (Å²) in [6, 6.07) is 6.37. The molecule has 13 heavy (non-hydrogen) atoms. The van der Waals surface area contributed by atoms with Crippen molar-refractivity contribution in [3.63, 3.8) is 0 Å². The highest BCUT2D eigenvalue weighted by atomic mass is 16.1. The van der Waals surface area contributed by atoms with Crippen LogP contribution in [-0.2, 0) is 6.42 Å². The molecule has 68 valence electrons. The van der Waals surface area contributed by atoms with Crippen LogP contribution in [0.3, 0.4) is 0 Å². The Morgan fingerprint density at radius 2 is 2.31 bits per heavy atom. The molecule has 2 heteroatoms. The molecule has 2 rings (SSSR count). The van der Waals surface area contributed by atoms with E-state index in [4.69, 9.17) is 0 Å². The van der Waals surface area contributed by atoms with E-state index in [-0.39, 0.29) is 5.78 Å². The maximum absolute atomic E-state index is 11.3. The normalized spacial score (nSPS) is 19.4. The third kappa shape index (κ3) is 1.32. The topological polar surface area (TPSA) is 29.1 Å². The van der Waals surface area contributed by atoms with E-state index in [9.17, 15) is 4.79 Å². The summed E-state index contributed by atoms with van der Waals surface area (Å²) in [5, 5.41) is 3.33. The molecule has 1 atom stereocenters. The number of carbonyl (C=O) groups is 1. The van der Waals surface area contributed by atoms with Crippen molar-refractivity contribution < 1.29 is 4.79 Å². The summed E-state index contributed by atoms with van der Waals surface area (Å²) in [4.78, 5) is 11.3. The third-order valence-corrected chi connectivity index (χ3v) is 2.45. The average molecular weight is 175 g/mol. The molecule has 0 radical (unpaired) electrons. The van der Waals surface area contributed by atoms with Crippen LogP contribution < -0.4 is 5.32 Å². The maximum Gasteiger partial charge on any atom is 0.161 e. The first-order chi connectivity index (χ1) is 6.18. The zero-order valence-electron chi connectivity index (χ0n) is 7.92. The predicted octanol–water partition coefficient (Wildman–Crippen LogP) is 2.25. The highest BCUT2D eigenvalue weighted by molar-refractivity contribution is 6.00. The van der Waals surface area contributed by atoms with E-state index in [0.717, 1.165) is 17.7 Å². The largest absolute Gasteiger partial charge is 0.381 e. The lowest BCUT2D eigenvalue weighted by atomic mass is 10.0. The molecular weight excluding hydrogens is 162 g/mol. The number of Topliss-reactive ketones (excluding diaryl/α,β-unsaturated/α-hetero) is 1. The minimum atomic E-state index is 0.137. The molecule has 1 aliphatic heterocycles. The number of fused-ring (bicyclic) bond motifs is 1. The van der Waals surface area contributed by atoms with Crippen molar-refractivity contribution in [1.29, 1.82) is 0 Å². The quantitative estimate of drug-likeness (QED) is 0.663. The SMILES string of the molecule is CC(=O)c1cccc2c1NC(C)C2. The fraction of sp³-hybridized carbons (Fsp3) is 0.364. The van der Waals surface area contributed by atoms with E-state index < -0.39 is 0 Å². The van der Waals surface area contributed by atoms with E-state index in [1.165, 1.54) is 5.56 Å². The van der Waals surface area contributed by atoms with Gasteiger partial charge >= 0.3 is 0 Å². The average Bonchev–Trinajstić information content (AvgIpc) is 2.43. The minimum Gasteiger partial charge on any atom is -0.381 e. The van der Waals surface area contributed by atoms with E-state index in [1.807, 2.05) is 12.1 Å². The maximum atomic E-state index is 11.3. The summed E-state index contributed by atoms with van der Waals surface area (Å²) < 4.78 is 0. The van der Waals surface area contributed by atoms with Gasteiger partial charge in [-0.1, -0.05) is 12.1 Å². The lowest BCUT2D eigenvalue weighted by Crippen LogP contribution is -2.10. The lowest BCUT2D eigenvalue weighted by Gasteiger charge is -2.06. The number of anilines is 1. The second-order valence-electron chi connectivity index (χ2n) is 3.65. The van der Waals surface area contributed by atoms with Crippen LogP contribution in [0.15, 0.2) is 18.2 Å². The van der Waals surface area contributed by atoms with Gasteiger partial charge in [0.05, 0.1) is 0 Å². The van der Waals surface area contributed by atoms with Crippen LogP contribution in [-0.4, -0.2) is 11.8 Å². The van der Waals surface area contributed by atoms with Gasteiger partial charge in [0.1, 0.15) is 0 Å². The first-order valence-electron chi connectivity index (χ1n) is 4.58. The molecule has 1 aromatic rings. The van der Waals surface area contributed by atoms with Gasteiger partial charge in [0.15, 0.2) is 5.78 Å². The van der Waals surface area contributed by atoms with Gasteiger partial charge in [0.25, 0.3) is 0 Å². The molecule has 0 amide bonds. The summed E-state index contributed by atoms with van der Waals surface area (Å²) in [6.45, 7) is 3.74. The van der Waals surface area contributed by atoms with E-state index in [2.05, 4.69) is 18.3 Å². The van der Waals surface area contributed by atoms with Gasteiger partial charge < -0.3 is 5.32 Å². The number of ketones is 1. The Balaban J connectivity index is 2.51. The molecule has 1 aliphatic rings. The Morgan fingerprint density at radius 3 is 3.00 bits per heavy atom. The standard InChI is InChI=1S/C11H13NO/c1-7-6-9-4-3-5-10(8(2)13)11(9)12-7/h3-5,7,12H,6H2,1-2H3. The third-order valence-electron chi connectivity index (χ3n) is 2.45. The van der Waals surface area contributed by atoms with Crippen LogP contribution >= 0.6 is 0 Å². The molecule has 0 saturated heterocycles. The Labute approximate surface area is 78.0 Å². The summed E-state index contributed by atoms with van der Waals surface area (Å²) in [5.41, 5.74) is 3.13. The Hall–Kier alpha value is -1.31. The Morgan fingerprint density at radius 1 is 1.54 bits per heavy atom. The van der Waals surface area contributed by atoms with Crippen LogP contribution in [0, 0.1) is 0 Å². The van der Waals surface area contributed by atoms with Gasteiger partial charge in [-0.25, -0.2) is 0 Å². The number of para-hydroxylation sites is 1. The van der Waals surface area contributed by atoms with Crippen LogP contribution in [0.5, 0.6) is 0 Å². The van der Waals surface area contributed by atoms with Crippen LogP contribution in [0.25, 0.3) is 0 Å². The second kappa shape index (κ2) is 2.87. The van der Waals surface area contributed by atoms with Gasteiger partial charge in [-0.15, -0.1) is 0 Å². The van der Waals surface area contributed by atoms with Crippen molar-refractivity contribution in [2.24, 2.45) is 0 Å². The number of nitrogens with one attached hydrogen (secondary N) is 1.